The van der Waals surface area contributed by atoms with E-state index < -0.39 is 0 Å². The summed E-state index contributed by atoms with van der Waals surface area (Å²) in [5.41, 5.74) is 3.37. The molecule has 138 valence electrons. The monoisotopic (exact) mass is 371 g/mol. The first-order chi connectivity index (χ1) is 12.1. The van der Waals surface area contributed by atoms with Crippen molar-refractivity contribution in [3.8, 4) is 0 Å². The van der Waals surface area contributed by atoms with Crippen LogP contribution in [0.5, 0.6) is 0 Å². The number of aryl methyl sites for hydroxylation is 3. The molecule has 0 saturated heterocycles. The maximum absolute atomic E-state index is 12.2. The number of carbonyl (C=O) groups is 1. The molecule has 3 heterocycles. The molecule has 0 saturated carbocycles. The average Bonchev–Trinajstić information content (AvgIpc) is 3.03. The van der Waals surface area contributed by atoms with Crippen molar-refractivity contribution in [2.75, 3.05) is 5.32 Å². The van der Waals surface area contributed by atoms with Crippen LogP contribution in [0.25, 0.3) is 11.2 Å². The van der Waals surface area contributed by atoms with Crippen LogP contribution in [0.2, 0.25) is 0 Å². The van der Waals surface area contributed by atoms with E-state index in [0.29, 0.717) is 12.2 Å². The molecule has 6 nitrogen and oxygen atoms in total. The zero-order chi connectivity index (χ0) is 19.1. The second-order valence-electron chi connectivity index (χ2n) is 7.87. The third-order valence-electron chi connectivity index (χ3n) is 4.04. The Kier molecular flexibility index (Phi) is 4.84. The van der Waals surface area contributed by atoms with Gasteiger partial charge in [0.15, 0.2) is 11.5 Å². The van der Waals surface area contributed by atoms with Gasteiger partial charge in [0.25, 0.3) is 0 Å². The van der Waals surface area contributed by atoms with Gasteiger partial charge in [-0.1, -0.05) is 20.8 Å². The minimum absolute atomic E-state index is 0.0365. The van der Waals surface area contributed by atoms with Crippen LogP contribution in [0.1, 0.15) is 48.5 Å². The van der Waals surface area contributed by atoms with Gasteiger partial charge in [-0.25, -0.2) is 15.0 Å². The number of carbonyl (C=O) groups excluding carboxylic acids is 1. The molecule has 3 aromatic rings. The summed E-state index contributed by atoms with van der Waals surface area (Å²) in [6.07, 6.45) is 2.35. The number of thiazole rings is 1. The smallest absolute Gasteiger partial charge is 0.226 e. The first-order valence-corrected chi connectivity index (χ1v) is 9.50. The predicted octanol–water partition coefficient (Wildman–Crippen LogP) is 4.24. The SMILES string of the molecule is Cc1ncc(Cn2c(C)cc3nc(NC(=O)CC(C)(C)C)c(C)nc32)s1. The highest BCUT2D eigenvalue weighted by atomic mass is 32.1. The second-order valence-corrected chi connectivity index (χ2v) is 9.19. The first-order valence-electron chi connectivity index (χ1n) is 8.68. The molecule has 3 aromatic heterocycles. The minimum Gasteiger partial charge on any atom is -0.323 e. The number of nitrogens with one attached hydrogen (secondary N) is 1. The van der Waals surface area contributed by atoms with Crippen molar-refractivity contribution in [1.82, 2.24) is 19.5 Å². The molecule has 26 heavy (non-hydrogen) atoms. The van der Waals surface area contributed by atoms with Crippen molar-refractivity contribution < 1.29 is 4.79 Å². The van der Waals surface area contributed by atoms with Gasteiger partial charge >= 0.3 is 0 Å². The van der Waals surface area contributed by atoms with E-state index in [1.54, 1.807) is 11.3 Å². The van der Waals surface area contributed by atoms with Gasteiger partial charge in [0.1, 0.15) is 5.52 Å². The molecule has 1 amide bonds. The molecule has 0 aliphatic rings. The van der Waals surface area contributed by atoms with Crippen LogP contribution in [0.3, 0.4) is 0 Å². The van der Waals surface area contributed by atoms with Crippen LogP contribution in [-0.4, -0.2) is 25.4 Å². The second kappa shape index (κ2) is 6.79. The summed E-state index contributed by atoms with van der Waals surface area (Å²) in [5.74, 6) is 0.503. The van der Waals surface area contributed by atoms with Crippen molar-refractivity contribution >= 4 is 34.2 Å². The topological polar surface area (TPSA) is 72.7 Å². The summed E-state index contributed by atoms with van der Waals surface area (Å²) in [6, 6.07) is 2.01. The fourth-order valence-corrected chi connectivity index (χ4v) is 3.65. The van der Waals surface area contributed by atoms with Gasteiger partial charge in [0, 0.05) is 23.2 Å². The lowest BCUT2D eigenvalue weighted by molar-refractivity contribution is -0.117. The normalized spacial score (nSPS) is 11.9. The third kappa shape index (κ3) is 4.09. The van der Waals surface area contributed by atoms with Crippen LogP contribution in [0, 0.1) is 26.2 Å². The molecule has 0 fully saturated rings. The van der Waals surface area contributed by atoms with Crippen molar-refractivity contribution in [2.45, 2.75) is 54.5 Å². The van der Waals surface area contributed by atoms with Gasteiger partial charge in [-0.3, -0.25) is 4.79 Å². The molecule has 0 radical (unpaired) electrons. The van der Waals surface area contributed by atoms with E-state index in [9.17, 15) is 4.79 Å². The minimum atomic E-state index is -0.0672. The van der Waals surface area contributed by atoms with Gasteiger partial charge < -0.3 is 9.88 Å². The van der Waals surface area contributed by atoms with Crippen LogP contribution in [-0.2, 0) is 11.3 Å². The molecule has 7 heteroatoms. The maximum atomic E-state index is 12.2. The van der Waals surface area contributed by atoms with Crippen molar-refractivity contribution in [1.29, 1.82) is 0 Å². The highest BCUT2D eigenvalue weighted by Crippen LogP contribution is 2.24. The molecule has 1 N–H and O–H groups in total. The Morgan fingerprint density at radius 1 is 1.23 bits per heavy atom. The van der Waals surface area contributed by atoms with Gasteiger partial charge in [-0.2, -0.15) is 0 Å². The maximum Gasteiger partial charge on any atom is 0.226 e. The molecule has 0 aliphatic heterocycles. The quantitative estimate of drug-likeness (QED) is 0.745. The summed E-state index contributed by atoms with van der Waals surface area (Å²) < 4.78 is 2.14. The van der Waals surface area contributed by atoms with Gasteiger partial charge in [0.05, 0.1) is 17.2 Å². The molecule has 0 atom stereocenters. The Morgan fingerprint density at radius 3 is 2.58 bits per heavy atom. The Hall–Kier alpha value is -2.28. The number of fused-ring (bicyclic) bond motifs is 1. The Labute approximate surface area is 157 Å². The number of anilines is 1. The number of amides is 1. The summed E-state index contributed by atoms with van der Waals surface area (Å²) in [4.78, 5) is 27.1. The highest BCUT2D eigenvalue weighted by Gasteiger charge is 2.18. The zero-order valence-electron chi connectivity index (χ0n) is 16.2. The average molecular weight is 372 g/mol. The number of hydrogen-bond acceptors (Lipinski definition) is 5. The van der Waals surface area contributed by atoms with Crippen LogP contribution in [0.4, 0.5) is 5.82 Å². The van der Waals surface area contributed by atoms with E-state index in [4.69, 9.17) is 4.98 Å². The lowest BCUT2D eigenvalue weighted by Gasteiger charge is -2.17. The fourth-order valence-electron chi connectivity index (χ4n) is 2.87. The molecular formula is C19H25N5OS. The van der Waals surface area contributed by atoms with E-state index in [1.165, 1.54) is 4.88 Å². The van der Waals surface area contributed by atoms with E-state index >= 15 is 0 Å². The zero-order valence-corrected chi connectivity index (χ0v) is 17.0. The number of rotatable bonds is 4. The van der Waals surface area contributed by atoms with Crippen LogP contribution < -0.4 is 5.32 Å². The molecule has 0 bridgehead atoms. The fraction of sp³-hybridized carbons (Fsp3) is 0.474. The third-order valence-corrected chi connectivity index (χ3v) is 4.93. The Bertz CT molecular complexity index is 964. The molecule has 0 unspecified atom stereocenters. The van der Waals surface area contributed by atoms with Gasteiger partial charge in [-0.05, 0) is 32.3 Å². The van der Waals surface area contributed by atoms with E-state index in [-0.39, 0.29) is 11.3 Å². The lowest BCUT2D eigenvalue weighted by Crippen LogP contribution is -2.21. The summed E-state index contributed by atoms with van der Waals surface area (Å²) in [6.45, 7) is 12.8. The van der Waals surface area contributed by atoms with E-state index in [1.807, 2.05) is 53.8 Å². The first kappa shape index (κ1) is 18.5. The van der Waals surface area contributed by atoms with Crippen molar-refractivity contribution in [3.63, 3.8) is 0 Å². The van der Waals surface area contributed by atoms with Crippen LogP contribution in [0.15, 0.2) is 12.3 Å². The number of nitrogens with zero attached hydrogens (tertiary/aromatic N) is 4. The molecule has 0 spiro atoms. The summed E-state index contributed by atoms with van der Waals surface area (Å²) in [7, 11) is 0. The predicted molar refractivity (Wildman–Crippen MR) is 106 cm³/mol. The van der Waals surface area contributed by atoms with Crippen molar-refractivity contribution in [2.24, 2.45) is 5.41 Å². The lowest BCUT2D eigenvalue weighted by atomic mass is 9.92. The largest absolute Gasteiger partial charge is 0.323 e. The summed E-state index contributed by atoms with van der Waals surface area (Å²) in [5, 5.41) is 3.97. The highest BCUT2D eigenvalue weighted by molar-refractivity contribution is 7.11. The molecular weight excluding hydrogens is 346 g/mol. The van der Waals surface area contributed by atoms with E-state index in [2.05, 4.69) is 19.9 Å². The van der Waals surface area contributed by atoms with E-state index in [0.717, 1.165) is 34.1 Å². The molecule has 0 aromatic carbocycles. The van der Waals surface area contributed by atoms with Gasteiger partial charge in [-0.15, -0.1) is 11.3 Å². The standard InChI is InChI=1S/C19H25N5OS/c1-11-7-15-18(24(11)10-14-9-20-13(3)26-14)21-12(2)17(22-15)23-16(25)8-19(4,5)6/h7,9H,8,10H2,1-6H3,(H,22,23,25). The molecule has 3 rings (SSSR count). The van der Waals surface area contributed by atoms with Crippen LogP contribution >= 0.6 is 11.3 Å². The summed E-state index contributed by atoms with van der Waals surface area (Å²) >= 11 is 1.69. The number of aromatic nitrogens is 4. The Balaban J connectivity index is 1.91. The Morgan fingerprint density at radius 2 is 1.96 bits per heavy atom. The molecule has 0 aliphatic carbocycles. The number of hydrogen-bond donors (Lipinski definition) is 1. The van der Waals surface area contributed by atoms with Crippen molar-refractivity contribution in [3.05, 3.63) is 33.5 Å². The van der Waals surface area contributed by atoms with Gasteiger partial charge in [0.2, 0.25) is 5.91 Å².